The molecule has 3 N–H and O–H groups in total. The molecule has 21 heavy (non-hydrogen) atoms. The summed E-state index contributed by atoms with van der Waals surface area (Å²) in [6.07, 6.45) is 3.17. The van der Waals surface area contributed by atoms with Crippen LogP contribution in [0.3, 0.4) is 0 Å². The van der Waals surface area contributed by atoms with Gasteiger partial charge in [0, 0.05) is 17.8 Å². The van der Waals surface area contributed by atoms with Gasteiger partial charge < -0.3 is 11.1 Å². The van der Waals surface area contributed by atoms with E-state index in [4.69, 9.17) is 17.3 Å². The minimum absolute atomic E-state index is 0.134. The zero-order valence-electron chi connectivity index (χ0n) is 11.9. The van der Waals surface area contributed by atoms with Crippen molar-refractivity contribution in [3.63, 3.8) is 0 Å². The van der Waals surface area contributed by atoms with E-state index in [1.54, 1.807) is 24.4 Å². The van der Waals surface area contributed by atoms with E-state index in [9.17, 15) is 4.39 Å². The molecule has 2 rings (SSSR count). The fourth-order valence-corrected chi connectivity index (χ4v) is 2.43. The summed E-state index contributed by atoms with van der Waals surface area (Å²) in [6.45, 7) is 2.85. The number of rotatable bonds is 6. The Morgan fingerprint density at radius 1 is 1.33 bits per heavy atom. The third kappa shape index (κ3) is 3.93. The van der Waals surface area contributed by atoms with Gasteiger partial charge in [-0.15, -0.1) is 0 Å². The highest BCUT2D eigenvalue weighted by Crippen LogP contribution is 2.27. The first-order chi connectivity index (χ1) is 10.1. The van der Waals surface area contributed by atoms with Crippen molar-refractivity contribution in [1.29, 1.82) is 0 Å². The van der Waals surface area contributed by atoms with Gasteiger partial charge in [0.25, 0.3) is 0 Å². The third-order valence-corrected chi connectivity index (χ3v) is 3.64. The number of nitrogens with one attached hydrogen (secondary N) is 1. The van der Waals surface area contributed by atoms with Crippen LogP contribution in [0.5, 0.6) is 0 Å². The topological polar surface area (TPSA) is 50.9 Å². The highest BCUT2D eigenvalue weighted by Gasteiger charge is 2.18. The minimum Gasteiger partial charge on any atom is -0.383 e. The van der Waals surface area contributed by atoms with Crippen LogP contribution in [0.2, 0.25) is 5.02 Å². The van der Waals surface area contributed by atoms with Gasteiger partial charge in [-0.2, -0.15) is 0 Å². The number of halogens is 2. The first-order valence-electron chi connectivity index (χ1n) is 7.00. The van der Waals surface area contributed by atoms with Crippen LogP contribution in [0.1, 0.15) is 30.5 Å². The Morgan fingerprint density at radius 3 is 2.86 bits per heavy atom. The molecule has 0 aliphatic rings. The number of benzene rings is 1. The monoisotopic (exact) mass is 307 g/mol. The maximum absolute atomic E-state index is 14.3. The van der Waals surface area contributed by atoms with Crippen LogP contribution in [-0.4, -0.2) is 11.5 Å². The Hall–Kier alpha value is -1.65. The summed E-state index contributed by atoms with van der Waals surface area (Å²) in [7, 11) is 0. The second kappa shape index (κ2) is 7.38. The van der Waals surface area contributed by atoms with Crippen LogP contribution >= 0.6 is 11.6 Å². The average molecular weight is 308 g/mol. The van der Waals surface area contributed by atoms with Crippen molar-refractivity contribution in [3.05, 3.63) is 58.5 Å². The Labute approximate surface area is 129 Å². The summed E-state index contributed by atoms with van der Waals surface area (Å²) in [6, 6.07) is 8.61. The molecule has 1 atom stereocenters. The molecule has 1 heterocycles. The van der Waals surface area contributed by atoms with Crippen molar-refractivity contribution in [1.82, 2.24) is 10.3 Å². The Kier molecular flexibility index (Phi) is 5.53. The third-order valence-electron chi connectivity index (χ3n) is 3.35. The average Bonchev–Trinajstić information content (AvgIpc) is 2.48. The van der Waals surface area contributed by atoms with E-state index in [-0.39, 0.29) is 16.9 Å². The normalized spacial score (nSPS) is 12.3. The lowest BCUT2D eigenvalue weighted by atomic mass is 9.98. The first-order valence-corrected chi connectivity index (χ1v) is 7.38. The van der Waals surface area contributed by atoms with E-state index < -0.39 is 0 Å². The zero-order chi connectivity index (χ0) is 15.2. The lowest BCUT2D eigenvalue weighted by molar-refractivity contribution is 0.497. The molecule has 1 aromatic heterocycles. The van der Waals surface area contributed by atoms with Crippen LogP contribution in [0.4, 0.5) is 10.2 Å². The SMILES string of the molecule is CCCNC(Cc1cccnc1N)c1cccc(Cl)c1F. The number of nitrogens with two attached hydrogens (primary N) is 1. The number of hydrogen-bond donors (Lipinski definition) is 2. The van der Waals surface area contributed by atoms with E-state index >= 15 is 0 Å². The molecule has 1 aromatic carbocycles. The van der Waals surface area contributed by atoms with Gasteiger partial charge in [0.15, 0.2) is 0 Å². The number of hydrogen-bond acceptors (Lipinski definition) is 3. The van der Waals surface area contributed by atoms with E-state index in [1.807, 2.05) is 12.1 Å². The standard InChI is InChI=1S/C16H19ClFN3/c1-2-8-20-14(10-11-5-4-9-21-16(11)19)12-6-3-7-13(17)15(12)18/h3-7,9,14,20H,2,8,10H2,1H3,(H2,19,21). The van der Waals surface area contributed by atoms with E-state index in [2.05, 4.69) is 17.2 Å². The molecule has 1 unspecified atom stereocenters. The molecule has 0 amide bonds. The molecule has 0 spiro atoms. The van der Waals surface area contributed by atoms with Crippen molar-refractivity contribution < 1.29 is 4.39 Å². The van der Waals surface area contributed by atoms with Crippen molar-refractivity contribution >= 4 is 17.4 Å². The summed E-state index contributed by atoms with van der Waals surface area (Å²) in [5, 5.41) is 3.48. The van der Waals surface area contributed by atoms with Crippen molar-refractivity contribution in [3.8, 4) is 0 Å². The van der Waals surface area contributed by atoms with Gasteiger partial charge in [0.2, 0.25) is 0 Å². The molecule has 0 aliphatic carbocycles. The molecule has 0 radical (unpaired) electrons. The molecule has 0 fully saturated rings. The van der Waals surface area contributed by atoms with Crippen LogP contribution in [0.25, 0.3) is 0 Å². The quantitative estimate of drug-likeness (QED) is 0.854. The second-order valence-electron chi connectivity index (χ2n) is 4.90. The molecule has 112 valence electrons. The first kappa shape index (κ1) is 15.7. The molecule has 0 bridgehead atoms. The zero-order valence-corrected chi connectivity index (χ0v) is 12.7. The van der Waals surface area contributed by atoms with Gasteiger partial charge in [-0.25, -0.2) is 9.37 Å². The minimum atomic E-state index is -0.379. The number of aromatic nitrogens is 1. The number of nitrogen functional groups attached to an aromatic ring is 1. The molecule has 0 saturated heterocycles. The molecule has 2 aromatic rings. The summed E-state index contributed by atoms with van der Waals surface area (Å²) in [5.74, 6) is 0.0958. The second-order valence-corrected chi connectivity index (χ2v) is 5.31. The van der Waals surface area contributed by atoms with Crippen LogP contribution in [-0.2, 0) is 6.42 Å². The van der Waals surface area contributed by atoms with Gasteiger partial charge in [0.1, 0.15) is 11.6 Å². The summed E-state index contributed by atoms with van der Waals surface area (Å²) >= 11 is 5.89. The van der Waals surface area contributed by atoms with Crippen LogP contribution in [0.15, 0.2) is 36.5 Å². The van der Waals surface area contributed by atoms with Crippen LogP contribution < -0.4 is 11.1 Å². The van der Waals surface area contributed by atoms with Crippen molar-refractivity contribution in [2.75, 3.05) is 12.3 Å². The molecule has 5 heteroatoms. The summed E-state index contributed by atoms with van der Waals surface area (Å²) in [5.41, 5.74) is 7.33. The molecular formula is C16H19ClFN3. The molecule has 0 aliphatic heterocycles. The van der Waals surface area contributed by atoms with Gasteiger partial charge in [0.05, 0.1) is 5.02 Å². The molecule has 0 saturated carbocycles. The highest BCUT2D eigenvalue weighted by molar-refractivity contribution is 6.30. The van der Waals surface area contributed by atoms with Crippen LogP contribution in [0, 0.1) is 5.82 Å². The highest BCUT2D eigenvalue weighted by atomic mass is 35.5. The Morgan fingerprint density at radius 2 is 2.14 bits per heavy atom. The lowest BCUT2D eigenvalue weighted by Crippen LogP contribution is -2.25. The Balaban J connectivity index is 2.30. The van der Waals surface area contributed by atoms with E-state index in [1.165, 1.54) is 0 Å². The van der Waals surface area contributed by atoms with Gasteiger partial charge in [-0.05, 0) is 37.1 Å². The van der Waals surface area contributed by atoms with Crippen molar-refractivity contribution in [2.45, 2.75) is 25.8 Å². The fourth-order valence-electron chi connectivity index (χ4n) is 2.24. The maximum atomic E-state index is 14.3. The summed E-state index contributed by atoms with van der Waals surface area (Å²) < 4.78 is 14.3. The summed E-state index contributed by atoms with van der Waals surface area (Å²) in [4.78, 5) is 4.08. The smallest absolute Gasteiger partial charge is 0.146 e. The maximum Gasteiger partial charge on any atom is 0.146 e. The van der Waals surface area contributed by atoms with Gasteiger partial charge in [-0.3, -0.25) is 0 Å². The van der Waals surface area contributed by atoms with Gasteiger partial charge in [-0.1, -0.05) is 36.7 Å². The predicted octanol–water partition coefficient (Wildman–Crippen LogP) is 3.74. The largest absolute Gasteiger partial charge is 0.383 e. The molecular weight excluding hydrogens is 289 g/mol. The predicted molar refractivity (Wildman–Crippen MR) is 84.8 cm³/mol. The van der Waals surface area contributed by atoms with E-state index in [0.29, 0.717) is 17.8 Å². The lowest BCUT2D eigenvalue weighted by Gasteiger charge is -2.20. The fraction of sp³-hybridized carbons (Fsp3) is 0.312. The van der Waals surface area contributed by atoms with Crippen molar-refractivity contribution in [2.24, 2.45) is 0 Å². The van der Waals surface area contributed by atoms with Gasteiger partial charge >= 0.3 is 0 Å². The number of nitrogens with zero attached hydrogens (tertiary/aromatic N) is 1. The number of anilines is 1. The van der Waals surface area contributed by atoms with E-state index in [0.717, 1.165) is 18.5 Å². The number of pyridine rings is 1. The molecule has 3 nitrogen and oxygen atoms in total. The Bertz CT molecular complexity index is 604.